The first-order valence-electron chi connectivity index (χ1n) is 9.32. The Labute approximate surface area is 162 Å². The number of rotatable bonds is 7. The Morgan fingerprint density at radius 3 is 2.75 bits per heavy atom. The van der Waals surface area contributed by atoms with Gasteiger partial charge in [-0.05, 0) is 43.5 Å². The Kier molecular flexibility index (Phi) is 5.96. The maximum absolute atomic E-state index is 13.1. The molecule has 0 saturated carbocycles. The molecule has 0 bridgehead atoms. The monoisotopic (exact) mass is 389 g/mol. The van der Waals surface area contributed by atoms with Gasteiger partial charge in [-0.2, -0.15) is 0 Å². The topological polar surface area (TPSA) is 98.7 Å². The van der Waals surface area contributed by atoms with Crippen molar-refractivity contribution in [2.24, 2.45) is 11.1 Å². The molecule has 0 aliphatic carbocycles. The molecule has 8 heteroatoms. The number of halogens is 1. The van der Waals surface area contributed by atoms with Crippen LogP contribution in [0.3, 0.4) is 0 Å². The first-order valence-corrected chi connectivity index (χ1v) is 9.32. The first kappa shape index (κ1) is 19.9. The first-order chi connectivity index (χ1) is 13.4. The van der Waals surface area contributed by atoms with Gasteiger partial charge in [-0.25, -0.2) is 4.39 Å². The van der Waals surface area contributed by atoms with Crippen LogP contribution in [0.15, 0.2) is 34.9 Å². The van der Waals surface area contributed by atoms with Crippen LogP contribution < -0.4 is 10.5 Å². The van der Waals surface area contributed by atoms with Gasteiger partial charge in [0, 0.05) is 31.0 Å². The number of aryl methyl sites for hydroxylation is 1. The quantitative estimate of drug-likeness (QED) is 0.785. The van der Waals surface area contributed by atoms with Gasteiger partial charge in [0.1, 0.15) is 11.6 Å². The van der Waals surface area contributed by atoms with Crippen molar-refractivity contribution in [1.29, 1.82) is 0 Å². The number of ether oxygens (including phenoxy) is 1. The zero-order valence-corrected chi connectivity index (χ0v) is 15.8. The molecule has 2 amide bonds. The largest absolute Gasteiger partial charge is 0.493 e. The van der Waals surface area contributed by atoms with E-state index < -0.39 is 11.3 Å². The molecule has 0 unspecified atom stereocenters. The third kappa shape index (κ3) is 4.68. The molecule has 2 heterocycles. The molecule has 1 aromatic heterocycles. The molecule has 0 radical (unpaired) electrons. The van der Waals surface area contributed by atoms with Crippen molar-refractivity contribution in [2.75, 3.05) is 19.7 Å². The Hall–Kier alpha value is -2.90. The highest BCUT2D eigenvalue weighted by atomic mass is 19.1. The van der Waals surface area contributed by atoms with E-state index in [-0.39, 0.29) is 30.5 Å². The molecule has 150 valence electrons. The van der Waals surface area contributed by atoms with E-state index in [2.05, 4.69) is 5.16 Å². The number of carbonyl (C=O) groups is 2. The minimum Gasteiger partial charge on any atom is -0.493 e. The summed E-state index contributed by atoms with van der Waals surface area (Å²) in [4.78, 5) is 26.2. The van der Waals surface area contributed by atoms with E-state index in [4.69, 9.17) is 15.0 Å². The van der Waals surface area contributed by atoms with E-state index in [1.807, 2.05) is 6.92 Å². The molecule has 7 nitrogen and oxygen atoms in total. The summed E-state index contributed by atoms with van der Waals surface area (Å²) in [5, 5.41) is 3.87. The van der Waals surface area contributed by atoms with Gasteiger partial charge in [0.25, 0.3) is 5.91 Å². The van der Waals surface area contributed by atoms with Crippen LogP contribution in [0.25, 0.3) is 0 Å². The molecule has 2 aromatic rings. The number of amides is 2. The van der Waals surface area contributed by atoms with Crippen molar-refractivity contribution in [3.8, 4) is 5.75 Å². The number of likely N-dealkylation sites (tertiary alicyclic amines) is 1. The number of carbonyl (C=O) groups excluding carboxylic acids is 2. The highest BCUT2D eigenvalue weighted by Gasteiger charge is 2.40. The fraction of sp³-hybridized carbons (Fsp3) is 0.450. The van der Waals surface area contributed by atoms with Gasteiger partial charge in [-0.15, -0.1) is 0 Å². The van der Waals surface area contributed by atoms with Gasteiger partial charge in [-0.1, -0.05) is 12.1 Å². The predicted octanol–water partition coefficient (Wildman–Crippen LogP) is 2.55. The third-order valence-electron chi connectivity index (χ3n) is 4.99. The molecule has 0 spiro atoms. The maximum atomic E-state index is 13.1. The number of hydrogen-bond acceptors (Lipinski definition) is 5. The molecule has 3 rings (SSSR count). The minimum atomic E-state index is -0.609. The standard InChI is InChI=1S/C20H24FN3O4/c1-2-15-10-17(28-23-15)19(26)24-9-3-8-20(12-24,11-18(22)25)13-27-16-6-4-14(21)5-7-16/h4-7,10H,2-3,8-9,11-13H2,1H3,(H2,22,25)/t20-/m1/s1. The Morgan fingerprint density at radius 2 is 2.11 bits per heavy atom. The maximum Gasteiger partial charge on any atom is 0.292 e. The van der Waals surface area contributed by atoms with Crippen molar-refractivity contribution >= 4 is 11.8 Å². The Balaban J connectivity index is 1.74. The van der Waals surface area contributed by atoms with Gasteiger partial charge in [-0.3, -0.25) is 9.59 Å². The van der Waals surface area contributed by atoms with Crippen LogP contribution in [-0.4, -0.2) is 41.6 Å². The van der Waals surface area contributed by atoms with Gasteiger partial charge in [0.05, 0.1) is 12.3 Å². The summed E-state index contributed by atoms with van der Waals surface area (Å²) < 4.78 is 24.1. The molecule has 2 N–H and O–H groups in total. The Bertz CT molecular complexity index is 836. The average molecular weight is 389 g/mol. The molecule has 1 atom stereocenters. The summed E-state index contributed by atoms with van der Waals surface area (Å²) in [6.07, 6.45) is 2.17. The average Bonchev–Trinajstić information content (AvgIpc) is 3.16. The van der Waals surface area contributed by atoms with Crippen LogP contribution in [0.5, 0.6) is 5.75 Å². The lowest BCUT2D eigenvalue weighted by Gasteiger charge is -2.41. The zero-order chi connectivity index (χ0) is 20.1. The van der Waals surface area contributed by atoms with Gasteiger partial charge < -0.3 is 19.9 Å². The smallest absolute Gasteiger partial charge is 0.292 e. The van der Waals surface area contributed by atoms with Crippen molar-refractivity contribution < 1.29 is 23.2 Å². The molecular weight excluding hydrogens is 365 g/mol. The molecule has 28 heavy (non-hydrogen) atoms. The van der Waals surface area contributed by atoms with Crippen molar-refractivity contribution in [3.63, 3.8) is 0 Å². The van der Waals surface area contributed by atoms with Crippen LogP contribution >= 0.6 is 0 Å². The van der Waals surface area contributed by atoms with E-state index in [0.717, 1.165) is 0 Å². The van der Waals surface area contributed by atoms with Gasteiger partial charge in [0.2, 0.25) is 11.7 Å². The number of benzene rings is 1. The fourth-order valence-corrected chi connectivity index (χ4v) is 3.57. The normalized spacial score (nSPS) is 19.4. The van der Waals surface area contributed by atoms with Crippen molar-refractivity contribution in [2.45, 2.75) is 32.6 Å². The van der Waals surface area contributed by atoms with Crippen LogP contribution in [0.2, 0.25) is 0 Å². The van der Waals surface area contributed by atoms with Crippen LogP contribution in [0, 0.1) is 11.2 Å². The lowest BCUT2D eigenvalue weighted by molar-refractivity contribution is -0.122. The van der Waals surface area contributed by atoms with Crippen LogP contribution in [0.4, 0.5) is 4.39 Å². The van der Waals surface area contributed by atoms with Crippen molar-refractivity contribution in [3.05, 3.63) is 47.6 Å². The summed E-state index contributed by atoms with van der Waals surface area (Å²) in [5.41, 5.74) is 5.58. The van der Waals surface area contributed by atoms with E-state index >= 15 is 0 Å². The number of nitrogens with zero attached hydrogens (tertiary/aromatic N) is 2. The minimum absolute atomic E-state index is 0.0919. The van der Waals surface area contributed by atoms with Crippen LogP contribution in [0.1, 0.15) is 42.4 Å². The second-order valence-electron chi connectivity index (χ2n) is 7.25. The summed E-state index contributed by atoms with van der Waals surface area (Å²) >= 11 is 0. The Morgan fingerprint density at radius 1 is 1.36 bits per heavy atom. The number of primary amides is 1. The summed E-state index contributed by atoms with van der Waals surface area (Å²) in [5.74, 6) is -0.387. The van der Waals surface area contributed by atoms with E-state index in [9.17, 15) is 14.0 Å². The lowest BCUT2D eigenvalue weighted by atomic mass is 9.77. The summed E-state index contributed by atoms with van der Waals surface area (Å²) in [7, 11) is 0. The number of aromatic nitrogens is 1. The number of hydrogen-bond donors (Lipinski definition) is 1. The zero-order valence-electron chi connectivity index (χ0n) is 15.8. The van der Waals surface area contributed by atoms with E-state index in [0.29, 0.717) is 43.8 Å². The number of piperidine rings is 1. The summed E-state index contributed by atoms with van der Waals surface area (Å²) in [6.45, 7) is 3.00. The van der Waals surface area contributed by atoms with Crippen LogP contribution in [-0.2, 0) is 11.2 Å². The van der Waals surface area contributed by atoms with Gasteiger partial charge in [0.15, 0.2) is 0 Å². The highest BCUT2D eigenvalue weighted by molar-refractivity contribution is 5.91. The molecule has 1 fully saturated rings. The molecule has 1 saturated heterocycles. The molecular formula is C20H24FN3O4. The van der Waals surface area contributed by atoms with E-state index in [1.165, 1.54) is 24.3 Å². The predicted molar refractivity (Wildman–Crippen MR) is 99.2 cm³/mol. The molecule has 1 aliphatic heterocycles. The fourth-order valence-electron chi connectivity index (χ4n) is 3.57. The summed E-state index contributed by atoms with van der Waals surface area (Å²) in [6, 6.07) is 7.31. The second kappa shape index (κ2) is 8.41. The number of nitrogens with two attached hydrogens (primary N) is 1. The van der Waals surface area contributed by atoms with E-state index in [1.54, 1.807) is 11.0 Å². The third-order valence-corrected chi connectivity index (χ3v) is 4.99. The lowest BCUT2D eigenvalue weighted by Crippen LogP contribution is -2.50. The van der Waals surface area contributed by atoms with Crippen molar-refractivity contribution in [1.82, 2.24) is 10.1 Å². The second-order valence-corrected chi connectivity index (χ2v) is 7.25. The molecule has 1 aromatic carbocycles. The highest BCUT2D eigenvalue weighted by Crippen LogP contribution is 2.35. The SMILES string of the molecule is CCc1cc(C(=O)N2CCC[C@@](COc3ccc(F)cc3)(CC(N)=O)C2)on1. The molecule has 1 aliphatic rings. The van der Waals surface area contributed by atoms with Gasteiger partial charge >= 0.3 is 0 Å².